The van der Waals surface area contributed by atoms with E-state index in [1.165, 1.54) is 0 Å². The van der Waals surface area contributed by atoms with Crippen LogP contribution in [0, 0.1) is 11.3 Å². The lowest BCUT2D eigenvalue weighted by Gasteiger charge is -2.30. The van der Waals surface area contributed by atoms with Crippen molar-refractivity contribution in [3.63, 3.8) is 0 Å². The summed E-state index contributed by atoms with van der Waals surface area (Å²) in [5.74, 6) is 1.00. The Balaban J connectivity index is 1.50. The number of hydrogen-bond acceptors (Lipinski definition) is 6. The number of pyridine rings is 1. The average Bonchev–Trinajstić information content (AvgIpc) is 3.36. The molecule has 0 unspecified atom stereocenters. The van der Waals surface area contributed by atoms with Gasteiger partial charge in [0.2, 0.25) is 0 Å². The fraction of sp³-hybridized carbons (Fsp3) is 0.417. The summed E-state index contributed by atoms with van der Waals surface area (Å²) >= 11 is 0. The second-order valence-electron chi connectivity index (χ2n) is 8.79. The molecule has 2 atom stereocenters. The summed E-state index contributed by atoms with van der Waals surface area (Å²) in [4.78, 5) is 9.63. The minimum absolute atomic E-state index is 0.197. The molecule has 2 aliphatic rings. The van der Waals surface area contributed by atoms with Crippen molar-refractivity contribution < 1.29 is 9.47 Å². The van der Waals surface area contributed by atoms with Crippen molar-refractivity contribution in [2.45, 2.75) is 44.4 Å². The molecule has 6 rings (SSSR count). The number of nitrogens with zero attached hydrogens (tertiary/aromatic N) is 6. The van der Waals surface area contributed by atoms with Gasteiger partial charge in [0.05, 0.1) is 60.4 Å². The van der Waals surface area contributed by atoms with Crippen LogP contribution in [-0.4, -0.2) is 50.2 Å². The van der Waals surface area contributed by atoms with Gasteiger partial charge in [0, 0.05) is 30.7 Å². The van der Waals surface area contributed by atoms with Gasteiger partial charge in [-0.3, -0.25) is 9.67 Å². The van der Waals surface area contributed by atoms with Gasteiger partial charge in [-0.25, -0.2) is 4.98 Å². The Kier molecular flexibility index (Phi) is 4.67. The van der Waals surface area contributed by atoms with Gasteiger partial charge in [-0.1, -0.05) is 0 Å². The van der Waals surface area contributed by atoms with E-state index in [1.807, 2.05) is 35.3 Å². The summed E-state index contributed by atoms with van der Waals surface area (Å²) in [5, 5.41) is 15.0. The van der Waals surface area contributed by atoms with Crippen molar-refractivity contribution in [1.82, 2.24) is 24.3 Å². The van der Waals surface area contributed by atoms with E-state index in [2.05, 4.69) is 33.8 Å². The Morgan fingerprint density at radius 1 is 1.19 bits per heavy atom. The average molecular weight is 428 g/mol. The lowest BCUT2D eigenvalue weighted by Crippen LogP contribution is -2.30. The lowest BCUT2D eigenvalue weighted by molar-refractivity contribution is -0.0286. The molecule has 32 heavy (non-hydrogen) atoms. The van der Waals surface area contributed by atoms with Crippen LogP contribution < -0.4 is 0 Å². The Morgan fingerprint density at radius 2 is 2.09 bits per heavy atom. The molecule has 0 spiro atoms. The minimum atomic E-state index is 0.197. The van der Waals surface area contributed by atoms with Gasteiger partial charge < -0.3 is 14.0 Å². The van der Waals surface area contributed by atoms with Gasteiger partial charge in [0.1, 0.15) is 11.3 Å². The lowest BCUT2D eigenvalue weighted by atomic mass is 10.0. The van der Waals surface area contributed by atoms with Gasteiger partial charge in [-0.15, -0.1) is 0 Å². The summed E-state index contributed by atoms with van der Waals surface area (Å²) in [6.45, 7) is 4.30. The van der Waals surface area contributed by atoms with Gasteiger partial charge in [0.15, 0.2) is 0 Å². The van der Waals surface area contributed by atoms with Crippen LogP contribution in [0.15, 0.2) is 36.8 Å². The zero-order valence-electron chi connectivity index (χ0n) is 17.9. The largest absolute Gasteiger partial charge is 0.378 e. The molecule has 0 bridgehead atoms. The molecule has 0 N–H and O–H groups in total. The van der Waals surface area contributed by atoms with E-state index in [4.69, 9.17) is 14.5 Å². The van der Waals surface area contributed by atoms with E-state index < -0.39 is 0 Å². The van der Waals surface area contributed by atoms with E-state index in [0.717, 1.165) is 66.0 Å². The third-order valence-corrected chi connectivity index (χ3v) is 6.55. The van der Waals surface area contributed by atoms with Crippen molar-refractivity contribution in [1.29, 1.82) is 5.26 Å². The molecule has 1 aromatic carbocycles. The SMILES string of the molecule is C[C@@H]1C[C@H](n2c(Cc3cnn(C4COC4)c3)nc3cnc4ccc(C#N)cc4c32)CCO1. The standard InChI is InChI=1S/C24H24N6O2/c1-15-6-18(4-5-32-15)30-23(8-17-10-27-29(12-17)19-13-31-14-19)28-22-11-26-21-3-2-16(9-25)7-20(21)24(22)30/h2-3,7,10-12,15,18-19H,4-6,8,13-14H2,1H3/t15-,18-/m1/s1. The maximum Gasteiger partial charge on any atom is 0.114 e. The van der Waals surface area contributed by atoms with Crippen molar-refractivity contribution in [2.24, 2.45) is 0 Å². The first-order chi connectivity index (χ1) is 15.7. The number of aromatic nitrogens is 5. The number of imidazole rings is 1. The van der Waals surface area contributed by atoms with Crippen LogP contribution in [-0.2, 0) is 15.9 Å². The molecule has 8 nitrogen and oxygen atoms in total. The molecular formula is C24H24N6O2. The zero-order chi connectivity index (χ0) is 21.7. The minimum Gasteiger partial charge on any atom is -0.378 e. The van der Waals surface area contributed by atoms with Crippen molar-refractivity contribution in [3.05, 3.63) is 53.7 Å². The fourth-order valence-electron chi connectivity index (χ4n) is 4.85. The van der Waals surface area contributed by atoms with Gasteiger partial charge in [-0.05, 0) is 43.5 Å². The Labute approximate surface area is 185 Å². The zero-order valence-corrected chi connectivity index (χ0v) is 17.9. The molecular weight excluding hydrogens is 404 g/mol. The highest BCUT2D eigenvalue weighted by Crippen LogP contribution is 2.34. The molecule has 0 radical (unpaired) electrons. The van der Waals surface area contributed by atoms with Crippen molar-refractivity contribution in [3.8, 4) is 6.07 Å². The van der Waals surface area contributed by atoms with E-state index in [9.17, 15) is 5.26 Å². The van der Waals surface area contributed by atoms with Crippen LogP contribution in [0.4, 0.5) is 0 Å². The van der Waals surface area contributed by atoms with Crippen LogP contribution in [0.1, 0.15) is 48.8 Å². The molecule has 8 heteroatoms. The van der Waals surface area contributed by atoms with E-state index in [1.54, 1.807) is 0 Å². The molecule has 162 valence electrons. The molecule has 0 amide bonds. The third kappa shape index (κ3) is 3.25. The second-order valence-corrected chi connectivity index (χ2v) is 8.79. The maximum atomic E-state index is 9.47. The van der Waals surface area contributed by atoms with Crippen LogP contribution in [0.3, 0.4) is 0 Å². The van der Waals surface area contributed by atoms with Crippen molar-refractivity contribution in [2.75, 3.05) is 19.8 Å². The topological polar surface area (TPSA) is 90.8 Å². The Hall–Kier alpha value is -3.28. The Bertz CT molecular complexity index is 1350. The van der Waals surface area contributed by atoms with Gasteiger partial charge >= 0.3 is 0 Å². The predicted octanol–water partition coefficient (Wildman–Crippen LogP) is 3.55. The molecule has 4 aromatic rings. The van der Waals surface area contributed by atoms with Gasteiger partial charge in [-0.2, -0.15) is 10.4 Å². The highest BCUT2D eigenvalue weighted by molar-refractivity contribution is 6.02. The van der Waals surface area contributed by atoms with Crippen LogP contribution in [0.2, 0.25) is 0 Å². The molecule has 0 saturated carbocycles. The predicted molar refractivity (Wildman–Crippen MR) is 118 cm³/mol. The quantitative estimate of drug-likeness (QED) is 0.494. The summed E-state index contributed by atoms with van der Waals surface area (Å²) in [6.07, 6.45) is 8.63. The van der Waals surface area contributed by atoms with E-state index in [-0.39, 0.29) is 12.1 Å². The highest BCUT2D eigenvalue weighted by Gasteiger charge is 2.27. The molecule has 2 aliphatic heterocycles. The molecule has 2 saturated heterocycles. The number of benzene rings is 1. The summed E-state index contributed by atoms with van der Waals surface area (Å²) < 4.78 is 15.5. The smallest absolute Gasteiger partial charge is 0.114 e. The molecule has 2 fully saturated rings. The fourth-order valence-corrected chi connectivity index (χ4v) is 4.85. The normalized spacial score (nSPS) is 21.6. The van der Waals surface area contributed by atoms with Crippen molar-refractivity contribution >= 4 is 21.9 Å². The van der Waals surface area contributed by atoms with Crippen LogP contribution in [0.5, 0.6) is 0 Å². The maximum absolute atomic E-state index is 9.47. The first-order valence-electron chi connectivity index (χ1n) is 11.1. The molecule has 5 heterocycles. The first kappa shape index (κ1) is 19.4. The van der Waals surface area contributed by atoms with E-state index in [0.29, 0.717) is 18.0 Å². The van der Waals surface area contributed by atoms with E-state index >= 15 is 0 Å². The number of fused-ring (bicyclic) bond motifs is 3. The first-order valence-corrected chi connectivity index (χ1v) is 11.1. The summed E-state index contributed by atoms with van der Waals surface area (Å²) in [6, 6.07) is 8.54. The Morgan fingerprint density at radius 3 is 2.88 bits per heavy atom. The monoisotopic (exact) mass is 428 g/mol. The van der Waals surface area contributed by atoms with Crippen LogP contribution >= 0.6 is 0 Å². The number of ether oxygens (including phenoxy) is 2. The highest BCUT2D eigenvalue weighted by atomic mass is 16.5. The second kappa shape index (κ2) is 7.69. The molecule has 0 aliphatic carbocycles. The number of rotatable bonds is 4. The van der Waals surface area contributed by atoms with Gasteiger partial charge in [0.25, 0.3) is 0 Å². The summed E-state index contributed by atoms with van der Waals surface area (Å²) in [5.41, 5.74) is 4.55. The number of nitriles is 1. The molecule has 3 aromatic heterocycles. The number of hydrogen-bond donors (Lipinski definition) is 0. The third-order valence-electron chi connectivity index (χ3n) is 6.55. The van der Waals surface area contributed by atoms with Crippen LogP contribution in [0.25, 0.3) is 21.9 Å². The summed E-state index contributed by atoms with van der Waals surface area (Å²) in [7, 11) is 0.